The van der Waals surface area contributed by atoms with E-state index < -0.39 is 0 Å². The van der Waals surface area contributed by atoms with Crippen LogP contribution in [0.3, 0.4) is 0 Å². The number of carbonyl (C=O) groups excluding carboxylic acids is 1. The van der Waals surface area contributed by atoms with E-state index in [1.165, 1.54) is 13.3 Å². The van der Waals surface area contributed by atoms with Gasteiger partial charge in [-0.3, -0.25) is 4.79 Å². The minimum absolute atomic E-state index is 0.178. The summed E-state index contributed by atoms with van der Waals surface area (Å²) in [5.74, 6) is 1.13. The van der Waals surface area contributed by atoms with Crippen molar-refractivity contribution in [3.63, 3.8) is 0 Å². The molecule has 34 heavy (non-hydrogen) atoms. The molecule has 0 spiro atoms. The summed E-state index contributed by atoms with van der Waals surface area (Å²) in [6.07, 6.45) is 2.38. The highest BCUT2D eigenvalue weighted by atomic mass is 35.5. The first-order chi connectivity index (χ1) is 16.4. The zero-order valence-corrected chi connectivity index (χ0v) is 20.9. The van der Waals surface area contributed by atoms with Crippen molar-refractivity contribution < 1.29 is 19.0 Å². The molecule has 1 amide bonds. The van der Waals surface area contributed by atoms with Crippen LogP contribution in [0.1, 0.15) is 34.8 Å². The number of nitrogens with one attached hydrogen (secondary N) is 1. The number of methoxy groups -OCH3 is 1. The van der Waals surface area contributed by atoms with E-state index in [0.717, 1.165) is 12.0 Å². The summed E-state index contributed by atoms with van der Waals surface area (Å²) in [4.78, 5) is 12.3. The van der Waals surface area contributed by atoms with Crippen LogP contribution in [0.4, 0.5) is 0 Å². The van der Waals surface area contributed by atoms with E-state index in [-0.39, 0.29) is 12.5 Å². The highest BCUT2D eigenvalue weighted by Crippen LogP contribution is 2.37. The Bertz CT molecular complexity index is 1170. The lowest BCUT2D eigenvalue weighted by atomic mass is 10.2. The first kappa shape index (κ1) is 25.7. The Hall–Kier alpha value is -2.93. The number of nitrogens with zero attached hydrogens (tertiary/aromatic N) is 1. The van der Waals surface area contributed by atoms with Crippen molar-refractivity contribution in [3.8, 4) is 17.2 Å². The van der Waals surface area contributed by atoms with Crippen molar-refractivity contribution in [2.45, 2.75) is 20.0 Å². The molecule has 0 aliphatic rings. The minimum Gasteiger partial charge on any atom is -0.494 e. The number of hydrazone groups is 1. The lowest BCUT2D eigenvalue weighted by molar-refractivity contribution is 0.0955. The number of halogens is 3. The van der Waals surface area contributed by atoms with Crippen molar-refractivity contribution in [2.24, 2.45) is 5.10 Å². The average Bonchev–Trinajstić information content (AvgIpc) is 2.83. The zero-order chi connectivity index (χ0) is 24.5. The van der Waals surface area contributed by atoms with Crippen LogP contribution in [0.2, 0.25) is 15.1 Å². The van der Waals surface area contributed by atoms with Crippen LogP contribution in [0.15, 0.2) is 59.7 Å². The average molecular weight is 522 g/mol. The normalized spacial score (nSPS) is 10.9. The van der Waals surface area contributed by atoms with Gasteiger partial charge in [0.1, 0.15) is 12.4 Å². The monoisotopic (exact) mass is 520 g/mol. The number of hydrogen-bond donors (Lipinski definition) is 1. The fourth-order valence-electron chi connectivity index (χ4n) is 2.90. The Balaban J connectivity index is 1.64. The maximum Gasteiger partial charge on any atom is 0.271 e. The Kier molecular flexibility index (Phi) is 9.45. The molecule has 0 heterocycles. The fourth-order valence-corrected chi connectivity index (χ4v) is 3.63. The van der Waals surface area contributed by atoms with E-state index in [2.05, 4.69) is 10.5 Å². The molecule has 0 saturated heterocycles. The first-order valence-electron chi connectivity index (χ1n) is 10.4. The minimum atomic E-state index is -0.351. The van der Waals surface area contributed by atoms with Crippen molar-refractivity contribution in [1.29, 1.82) is 0 Å². The SMILES string of the molecule is CCCOc1ccc(C(=O)N/N=C\c2cc(Cl)c(OCc3ccc(Cl)cc3Cl)c(OC)c2)cc1. The maximum absolute atomic E-state index is 12.3. The Morgan fingerprint density at radius 3 is 2.44 bits per heavy atom. The number of benzene rings is 3. The van der Waals surface area contributed by atoms with Gasteiger partial charge in [-0.05, 0) is 60.5 Å². The number of hydrogen-bond acceptors (Lipinski definition) is 5. The van der Waals surface area contributed by atoms with Crippen LogP contribution in [0, 0.1) is 0 Å². The molecule has 3 rings (SSSR count). The second kappa shape index (κ2) is 12.5. The molecule has 1 N–H and O–H groups in total. The van der Waals surface area contributed by atoms with Crippen LogP contribution in [0.5, 0.6) is 17.2 Å². The molecule has 0 aliphatic carbocycles. The third kappa shape index (κ3) is 7.03. The second-order valence-corrected chi connectivity index (χ2v) is 8.38. The second-order valence-electron chi connectivity index (χ2n) is 7.13. The lowest BCUT2D eigenvalue weighted by Gasteiger charge is -2.14. The van der Waals surface area contributed by atoms with Gasteiger partial charge in [-0.2, -0.15) is 5.10 Å². The largest absolute Gasteiger partial charge is 0.494 e. The molecule has 3 aromatic rings. The molecule has 0 radical (unpaired) electrons. The summed E-state index contributed by atoms with van der Waals surface area (Å²) in [6, 6.07) is 15.3. The van der Waals surface area contributed by atoms with Gasteiger partial charge in [0, 0.05) is 21.2 Å². The molecule has 0 fully saturated rings. The standard InChI is InChI=1S/C25H23Cl3N2O4/c1-3-10-33-20-8-5-17(6-9-20)25(31)30-29-14-16-11-22(28)24(23(12-16)32-2)34-15-18-4-7-19(26)13-21(18)27/h4-9,11-14H,3,10,15H2,1-2H3,(H,30,31)/b29-14-. The molecule has 6 nitrogen and oxygen atoms in total. The molecule has 9 heteroatoms. The Morgan fingerprint density at radius 1 is 1.00 bits per heavy atom. The number of rotatable bonds is 10. The summed E-state index contributed by atoms with van der Waals surface area (Å²) < 4.78 is 16.8. The summed E-state index contributed by atoms with van der Waals surface area (Å²) in [6.45, 7) is 2.83. The zero-order valence-electron chi connectivity index (χ0n) is 18.6. The molecule has 0 bridgehead atoms. The summed E-state index contributed by atoms with van der Waals surface area (Å²) in [5.41, 5.74) is 4.31. The fraction of sp³-hybridized carbons (Fsp3) is 0.200. The Morgan fingerprint density at radius 2 is 1.76 bits per heavy atom. The van der Waals surface area contributed by atoms with Crippen molar-refractivity contribution >= 4 is 46.9 Å². The van der Waals surface area contributed by atoms with E-state index in [0.29, 0.717) is 50.1 Å². The molecular formula is C25H23Cl3N2O4. The van der Waals surface area contributed by atoms with E-state index >= 15 is 0 Å². The molecule has 0 unspecified atom stereocenters. The van der Waals surface area contributed by atoms with Crippen molar-refractivity contribution in [2.75, 3.05) is 13.7 Å². The van der Waals surface area contributed by atoms with E-state index in [1.54, 1.807) is 54.6 Å². The van der Waals surface area contributed by atoms with Gasteiger partial charge in [0.05, 0.1) is 25.0 Å². The van der Waals surface area contributed by atoms with Crippen LogP contribution in [0.25, 0.3) is 0 Å². The third-order valence-corrected chi connectivity index (χ3v) is 5.48. The first-order valence-corrected chi connectivity index (χ1v) is 11.5. The third-order valence-electron chi connectivity index (χ3n) is 4.61. The summed E-state index contributed by atoms with van der Waals surface area (Å²) in [7, 11) is 1.50. The molecule has 0 aromatic heterocycles. The predicted molar refractivity (Wildman–Crippen MR) is 136 cm³/mol. The highest BCUT2D eigenvalue weighted by Gasteiger charge is 2.13. The van der Waals surface area contributed by atoms with Crippen LogP contribution in [-0.4, -0.2) is 25.8 Å². The molecule has 0 aliphatic heterocycles. The number of ether oxygens (including phenoxy) is 3. The van der Waals surface area contributed by atoms with Gasteiger partial charge in [0.2, 0.25) is 0 Å². The van der Waals surface area contributed by atoms with Gasteiger partial charge >= 0.3 is 0 Å². The van der Waals surface area contributed by atoms with Gasteiger partial charge in [-0.1, -0.05) is 47.8 Å². The predicted octanol–water partition coefficient (Wildman–Crippen LogP) is 6.79. The van der Waals surface area contributed by atoms with Crippen LogP contribution in [-0.2, 0) is 6.61 Å². The summed E-state index contributed by atoms with van der Waals surface area (Å²) in [5, 5.41) is 5.36. The van der Waals surface area contributed by atoms with Gasteiger partial charge < -0.3 is 14.2 Å². The quantitative estimate of drug-likeness (QED) is 0.236. The topological polar surface area (TPSA) is 69.2 Å². The van der Waals surface area contributed by atoms with Crippen molar-refractivity contribution in [1.82, 2.24) is 5.43 Å². The molecular weight excluding hydrogens is 499 g/mol. The van der Waals surface area contributed by atoms with Crippen LogP contribution >= 0.6 is 34.8 Å². The maximum atomic E-state index is 12.3. The van der Waals surface area contributed by atoms with Crippen LogP contribution < -0.4 is 19.6 Å². The number of amides is 1. The Labute approximate surface area is 213 Å². The van der Waals surface area contributed by atoms with E-state index in [4.69, 9.17) is 49.0 Å². The van der Waals surface area contributed by atoms with Gasteiger partial charge in [-0.25, -0.2) is 5.43 Å². The lowest BCUT2D eigenvalue weighted by Crippen LogP contribution is -2.17. The molecule has 0 saturated carbocycles. The van der Waals surface area contributed by atoms with Gasteiger partial charge in [0.15, 0.2) is 11.5 Å². The van der Waals surface area contributed by atoms with E-state index in [1.807, 2.05) is 6.92 Å². The van der Waals surface area contributed by atoms with Gasteiger partial charge in [0.25, 0.3) is 5.91 Å². The summed E-state index contributed by atoms with van der Waals surface area (Å²) >= 11 is 18.5. The van der Waals surface area contributed by atoms with Gasteiger partial charge in [-0.15, -0.1) is 0 Å². The molecule has 3 aromatic carbocycles. The van der Waals surface area contributed by atoms with E-state index in [9.17, 15) is 4.79 Å². The number of carbonyl (C=O) groups is 1. The molecule has 0 atom stereocenters. The highest BCUT2D eigenvalue weighted by molar-refractivity contribution is 6.35. The smallest absolute Gasteiger partial charge is 0.271 e. The van der Waals surface area contributed by atoms with Crippen molar-refractivity contribution in [3.05, 3.63) is 86.4 Å². The molecule has 178 valence electrons.